The van der Waals surface area contributed by atoms with Gasteiger partial charge in [-0.25, -0.2) is 0 Å². The van der Waals surface area contributed by atoms with Gasteiger partial charge >= 0.3 is 6.18 Å². The van der Waals surface area contributed by atoms with E-state index in [-0.39, 0.29) is 0 Å². The van der Waals surface area contributed by atoms with Crippen molar-refractivity contribution in [1.82, 2.24) is 0 Å². The zero-order chi connectivity index (χ0) is 14.3. The fraction of sp³-hybridized carbons (Fsp3) is 0.462. The Morgan fingerprint density at radius 3 is 2.37 bits per heavy atom. The Hall–Kier alpha value is -1.40. The molecule has 0 bridgehead atoms. The number of ketones is 1. The highest BCUT2D eigenvalue weighted by molar-refractivity contribution is 5.93. The topological polar surface area (TPSA) is 63.3 Å². The lowest BCUT2D eigenvalue weighted by Gasteiger charge is -2.34. The maximum atomic E-state index is 12.5. The number of nitrogens with two attached hydrogens (primary N) is 1. The van der Waals surface area contributed by atoms with E-state index < -0.39 is 29.2 Å². The van der Waals surface area contributed by atoms with Gasteiger partial charge in [-0.3, -0.25) is 4.79 Å². The van der Waals surface area contributed by atoms with E-state index in [0.29, 0.717) is 24.8 Å². The number of carbonyl (C=O) groups excluding carboxylic acids is 1. The van der Waals surface area contributed by atoms with Crippen LogP contribution in [0.25, 0.3) is 0 Å². The summed E-state index contributed by atoms with van der Waals surface area (Å²) in [4.78, 5) is 11.9. The Labute approximate surface area is 108 Å². The lowest BCUT2D eigenvalue weighted by molar-refractivity contribution is -0.137. The molecule has 0 aliphatic heterocycles. The molecule has 2 rings (SSSR count). The Kier molecular flexibility index (Phi) is 3.40. The molecule has 1 saturated carbocycles. The van der Waals surface area contributed by atoms with Gasteiger partial charge in [0.1, 0.15) is 11.6 Å². The number of alkyl halides is 3. The summed E-state index contributed by atoms with van der Waals surface area (Å²) >= 11 is 0. The molecule has 6 heteroatoms. The maximum absolute atomic E-state index is 12.5. The Balaban J connectivity index is 2.33. The van der Waals surface area contributed by atoms with Crippen LogP contribution in [0.4, 0.5) is 13.2 Å². The van der Waals surface area contributed by atoms with Crippen LogP contribution in [0, 0.1) is 0 Å². The first-order chi connectivity index (χ1) is 8.75. The molecule has 0 heterocycles. The summed E-state index contributed by atoms with van der Waals surface area (Å²) in [5.41, 5.74) is 4.12. The summed E-state index contributed by atoms with van der Waals surface area (Å²) in [6.07, 6.45) is -4.32. The van der Waals surface area contributed by atoms with Gasteiger partial charge in [0.15, 0.2) is 5.78 Å². The Bertz CT molecular complexity index is 484. The second kappa shape index (κ2) is 4.61. The van der Waals surface area contributed by atoms with Crippen molar-refractivity contribution >= 4 is 5.78 Å². The minimum absolute atomic E-state index is 0.309. The smallest absolute Gasteiger partial charge is 0.385 e. The number of aliphatic hydroxyl groups excluding tert-OH is 1. The minimum Gasteiger partial charge on any atom is -0.385 e. The first-order valence-corrected chi connectivity index (χ1v) is 5.94. The highest BCUT2D eigenvalue weighted by atomic mass is 19.4. The van der Waals surface area contributed by atoms with Crippen LogP contribution in [0.2, 0.25) is 0 Å². The van der Waals surface area contributed by atoms with Crippen molar-refractivity contribution in [1.29, 1.82) is 0 Å². The molecule has 1 aliphatic carbocycles. The van der Waals surface area contributed by atoms with Crippen LogP contribution in [0.3, 0.4) is 0 Å². The molecule has 1 aromatic rings. The minimum atomic E-state index is -4.42. The Morgan fingerprint density at radius 1 is 1.26 bits per heavy atom. The van der Waals surface area contributed by atoms with E-state index >= 15 is 0 Å². The van der Waals surface area contributed by atoms with Crippen molar-refractivity contribution in [2.24, 2.45) is 5.73 Å². The number of halogens is 3. The number of benzene rings is 1. The number of rotatable bonds is 1. The van der Waals surface area contributed by atoms with Crippen molar-refractivity contribution in [2.75, 3.05) is 0 Å². The van der Waals surface area contributed by atoms with Crippen molar-refractivity contribution < 1.29 is 23.1 Å². The van der Waals surface area contributed by atoms with Gasteiger partial charge in [-0.05, 0) is 37.0 Å². The van der Waals surface area contributed by atoms with Gasteiger partial charge in [0.25, 0.3) is 0 Å². The molecule has 0 saturated heterocycles. The fourth-order valence-electron chi connectivity index (χ4n) is 2.37. The van der Waals surface area contributed by atoms with Gasteiger partial charge < -0.3 is 10.8 Å². The molecule has 0 spiro atoms. The zero-order valence-corrected chi connectivity index (χ0v) is 10.1. The van der Waals surface area contributed by atoms with Crippen molar-refractivity contribution in [3.8, 4) is 0 Å². The molecule has 104 valence electrons. The standard InChI is InChI=1S/C13H14F3NO2/c14-13(15,16)9-5-3-8(4-6-9)12(17)7-1-2-10(18)11(12)19/h3-6,10,18H,1-2,7,17H2/t10-,12?/m0/s1. The molecular weight excluding hydrogens is 259 g/mol. The van der Waals surface area contributed by atoms with E-state index in [0.717, 1.165) is 12.1 Å². The van der Waals surface area contributed by atoms with Crippen molar-refractivity contribution in [3.63, 3.8) is 0 Å². The van der Waals surface area contributed by atoms with Gasteiger partial charge in [-0.15, -0.1) is 0 Å². The lowest BCUT2D eigenvalue weighted by Crippen LogP contribution is -2.52. The van der Waals surface area contributed by atoms with Crippen LogP contribution in [0.5, 0.6) is 0 Å². The zero-order valence-electron chi connectivity index (χ0n) is 10.1. The molecule has 1 fully saturated rings. The summed E-state index contributed by atoms with van der Waals surface area (Å²) in [6, 6.07) is 4.22. The summed E-state index contributed by atoms with van der Waals surface area (Å²) in [5, 5.41) is 9.55. The fourth-order valence-corrected chi connectivity index (χ4v) is 2.37. The van der Waals surface area contributed by atoms with Gasteiger partial charge in [-0.1, -0.05) is 12.1 Å². The predicted octanol–water partition coefficient (Wildman–Crippen LogP) is 1.97. The summed E-state index contributed by atoms with van der Waals surface area (Å²) in [6.45, 7) is 0. The summed E-state index contributed by atoms with van der Waals surface area (Å²) in [7, 11) is 0. The molecule has 0 aromatic heterocycles. The largest absolute Gasteiger partial charge is 0.416 e. The second-order valence-electron chi connectivity index (χ2n) is 4.82. The molecule has 1 aliphatic rings. The van der Waals surface area contributed by atoms with E-state index in [1.54, 1.807) is 0 Å². The van der Waals surface area contributed by atoms with E-state index in [9.17, 15) is 23.1 Å². The molecular formula is C13H14F3NO2. The first kappa shape index (κ1) is 14.0. The van der Waals surface area contributed by atoms with Crippen LogP contribution >= 0.6 is 0 Å². The monoisotopic (exact) mass is 273 g/mol. The van der Waals surface area contributed by atoms with Gasteiger partial charge in [0, 0.05) is 0 Å². The maximum Gasteiger partial charge on any atom is 0.416 e. The molecule has 19 heavy (non-hydrogen) atoms. The third-order valence-electron chi connectivity index (χ3n) is 3.52. The average Bonchev–Trinajstić information content (AvgIpc) is 2.35. The molecule has 1 aromatic carbocycles. The van der Waals surface area contributed by atoms with E-state index in [4.69, 9.17) is 5.73 Å². The van der Waals surface area contributed by atoms with Gasteiger partial charge in [0.05, 0.1) is 5.56 Å². The quantitative estimate of drug-likeness (QED) is 0.822. The number of carbonyl (C=O) groups is 1. The van der Waals surface area contributed by atoms with Crippen molar-refractivity contribution in [3.05, 3.63) is 35.4 Å². The summed E-state index contributed by atoms with van der Waals surface area (Å²) in [5.74, 6) is -0.529. The van der Waals surface area contributed by atoms with Gasteiger partial charge in [-0.2, -0.15) is 13.2 Å². The summed E-state index contributed by atoms with van der Waals surface area (Å²) < 4.78 is 37.4. The molecule has 1 unspecified atom stereocenters. The van der Waals surface area contributed by atoms with E-state index in [2.05, 4.69) is 0 Å². The number of aliphatic hydroxyl groups is 1. The third-order valence-corrected chi connectivity index (χ3v) is 3.52. The average molecular weight is 273 g/mol. The highest BCUT2D eigenvalue weighted by Gasteiger charge is 2.42. The van der Waals surface area contributed by atoms with Crippen LogP contribution in [0.1, 0.15) is 30.4 Å². The molecule has 2 atom stereocenters. The van der Waals surface area contributed by atoms with E-state index in [1.807, 2.05) is 0 Å². The molecule has 3 N–H and O–H groups in total. The SMILES string of the molecule is NC1(c2ccc(C(F)(F)F)cc2)CCC[C@H](O)C1=O. The van der Waals surface area contributed by atoms with Crippen LogP contribution in [-0.2, 0) is 16.5 Å². The second-order valence-corrected chi connectivity index (χ2v) is 4.82. The highest BCUT2D eigenvalue weighted by Crippen LogP contribution is 2.35. The normalized spacial score (nSPS) is 28.5. The molecule has 3 nitrogen and oxygen atoms in total. The van der Waals surface area contributed by atoms with Crippen LogP contribution < -0.4 is 5.73 Å². The van der Waals surface area contributed by atoms with Crippen molar-refractivity contribution in [2.45, 2.75) is 37.1 Å². The van der Waals surface area contributed by atoms with Crippen LogP contribution in [-0.4, -0.2) is 17.0 Å². The number of hydrogen-bond donors (Lipinski definition) is 2. The predicted molar refractivity (Wildman–Crippen MR) is 62.2 cm³/mol. The molecule has 0 amide bonds. The van der Waals surface area contributed by atoms with E-state index in [1.165, 1.54) is 12.1 Å². The first-order valence-electron chi connectivity index (χ1n) is 5.94. The third kappa shape index (κ3) is 2.50. The lowest BCUT2D eigenvalue weighted by atomic mass is 9.75. The number of hydrogen-bond acceptors (Lipinski definition) is 3. The number of Topliss-reactive ketones (excluding diaryl/α,β-unsaturated/α-hetero) is 1. The van der Waals surface area contributed by atoms with Crippen LogP contribution in [0.15, 0.2) is 24.3 Å². The van der Waals surface area contributed by atoms with Gasteiger partial charge in [0.2, 0.25) is 0 Å². The molecule has 0 radical (unpaired) electrons. The Morgan fingerprint density at radius 2 is 1.84 bits per heavy atom.